The Morgan fingerprint density at radius 2 is 1.88 bits per heavy atom. The second-order valence-electron chi connectivity index (χ2n) is 5.91. The molecule has 0 spiro atoms. The number of aromatic nitrogens is 6. The Morgan fingerprint density at radius 3 is 2.65 bits per heavy atom. The van der Waals surface area contributed by atoms with Crippen LogP contribution < -0.4 is 16.1 Å². The molecule has 2 aromatic carbocycles. The molecule has 0 aliphatic carbocycles. The first kappa shape index (κ1) is 15.8. The van der Waals surface area contributed by atoms with Crippen LogP contribution in [0.4, 0.5) is 0 Å². The van der Waals surface area contributed by atoms with E-state index in [1.807, 2.05) is 36.4 Å². The van der Waals surface area contributed by atoms with Crippen molar-refractivity contribution in [2.75, 3.05) is 0 Å². The van der Waals surface area contributed by atoms with Crippen molar-refractivity contribution in [3.63, 3.8) is 0 Å². The van der Waals surface area contributed by atoms with E-state index < -0.39 is 0 Å². The van der Waals surface area contributed by atoms with Crippen molar-refractivity contribution >= 4 is 12.7 Å². The van der Waals surface area contributed by atoms with Crippen LogP contribution >= 0.6 is 0 Å². The fraction of sp³-hybridized carbons (Fsp3) is 0.0526. The smallest absolute Gasteiger partial charge is 0.288 e. The number of H-pyrrole nitrogens is 2. The monoisotopic (exact) mass is 344 g/mol. The van der Waals surface area contributed by atoms with Crippen molar-refractivity contribution < 1.29 is 0 Å². The third kappa shape index (κ3) is 3.10. The van der Waals surface area contributed by atoms with Gasteiger partial charge in [-0.25, -0.2) is 0 Å². The SMILES string of the molecule is C=c1[nH]n(-c2nn[nH]n2)c(=O)c1=Cc1cccc(Cc2ccccc2)c1. The molecule has 2 heterocycles. The maximum absolute atomic E-state index is 12.6. The molecule has 26 heavy (non-hydrogen) atoms. The molecule has 2 N–H and O–H groups in total. The van der Waals surface area contributed by atoms with Crippen molar-refractivity contribution in [1.29, 1.82) is 0 Å². The largest absolute Gasteiger partial charge is 0.291 e. The number of tetrazole rings is 1. The minimum atomic E-state index is -0.273. The molecule has 4 aromatic rings. The summed E-state index contributed by atoms with van der Waals surface area (Å²) in [4.78, 5) is 12.6. The van der Waals surface area contributed by atoms with E-state index in [0.29, 0.717) is 10.6 Å². The Bertz CT molecular complexity index is 1190. The molecule has 4 rings (SSSR count). The van der Waals surface area contributed by atoms with Crippen LogP contribution in [0.25, 0.3) is 18.6 Å². The summed E-state index contributed by atoms with van der Waals surface area (Å²) in [6.07, 6.45) is 2.65. The molecule has 0 unspecified atom stereocenters. The summed E-state index contributed by atoms with van der Waals surface area (Å²) < 4.78 is 1.21. The van der Waals surface area contributed by atoms with Crippen LogP contribution in [0.1, 0.15) is 16.7 Å². The Kier molecular flexibility index (Phi) is 4.03. The Labute approximate surface area is 148 Å². The summed E-state index contributed by atoms with van der Waals surface area (Å²) in [7, 11) is 0. The Balaban J connectivity index is 1.72. The van der Waals surface area contributed by atoms with E-state index in [9.17, 15) is 4.79 Å². The molecule has 0 radical (unpaired) electrons. The molecule has 0 amide bonds. The number of nitrogens with zero attached hydrogens (tertiary/aromatic N) is 4. The molecule has 2 aromatic heterocycles. The average Bonchev–Trinajstić information content (AvgIpc) is 3.27. The van der Waals surface area contributed by atoms with Crippen LogP contribution in [-0.4, -0.2) is 30.4 Å². The van der Waals surface area contributed by atoms with Gasteiger partial charge in [0.05, 0.1) is 10.6 Å². The Morgan fingerprint density at radius 1 is 1.08 bits per heavy atom. The van der Waals surface area contributed by atoms with Gasteiger partial charge in [0.25, 0.3) is 11.5 Å². The highest BCUT2D eigenvalue weighted by molar-refractivity contribution is 5.51. The predicted octanol–water partition coefficient (Wildman–Crippen LogP) is 0.509. The van der Waals surface area contributed by atoms with Crippen LogP contribution in [0.15, 0.2) is 59.4 Å². The van der Waals surface area contributed by atoms with Crippen molar-refractivity contribution in [3.05, 3.63) is 92.2 Å². The molecule has 0 fully saturated rings. The highest BCUT2D eigenvalue weighted by Crippen LogP contribution is 2.11. The fourth-order valence-electron chi connectivity index (χ4n) is 2.83. The lowest BCUT2D eigenvalue weighted by molar-refractivity contribution is 0.779. The number of benzene rings is 2. The van der Waals surface area contributed by atoms with Gasteiger partial charge in [-0.2, -0.15) is 9.90 Å². The molecule has 0 bridgehead atoms. The molecular formula is C19H16N6O. The van der Waals surface area contributed by atoms with Crippen molar-refractivity contribution in [3.8, 4) is 5.95 Å². The first-order valence-electron chi connectivity index (χ1n) is 8.09. The van der Waals surface area contributed by atoms with E-state index in [-0.39, 0.29) is 11.5 Å². The van der Waals surface area contributed by atoms with Gasteiger partial charge in [0, 0.05) is 0 Å². The van der Waals surface area contributed by atoms with Gasteiger partial charge in [0.15, 0.2) is 0 Å². The zero-order chi connectivity index (χ0) is 17.9. The number of rotatable bonds is 4. The van der Waals surface area contributed by atoms with E-state index in [1.54, 1.807) is 0 Å². The van der Waals surface area contributed by atoms with Crippen LogP contribution in [0.2, 0.25) is 0 Å². The van der Waals surface area contributed by atoms with Gasteiger partial charge in [-0.1, -0.05) is 66.3 Å². The molecule has 0 atom stereocenters. The maximum Gasteiger partial charge on any atom is 0.291 e. The minimum absolute atomic E-state index is 0.150. The maximum atomic E-state index is 12.6. The summed E-state index contributed by atoms with van der Waals surface area (Å²) in [6.45, 7) is 3.90. The minimum Gasteiger partial charge on any atom is -0.288 e. The number of hydrogen-bond donors (Lipinski definition) is 2. The van der Waals surface area contributed by atoms with E-state index in [2.05, 4.69) is 56.6 Å². The fourth-order valence-corrected chi connectivity index (χ4v) is 2.83. The van der Waals surface area contributed by atoms with Gasteiger partial charge in [0.1, 0.15) is 0 Å². The van der Waals surface area contributed by atoms with Crippen molar-refractivity contribution in [2.24, 2.45) is 0 Å². The third-order valence-corrected chi connectivity index (χ3v) is 4.05. The Hall–Kier alpha value is -3.74. The summed E-state index contributed by atoms with van der Waals surface area (Å²) >= 11 is 0. The standard InChI is InChI=1S/C19H16N6O/c1-13-17(18(26)25(22-13)19-20-23-24-21-19)12-16-9-5-8-15(11-16)10-14-6-3-2-4-7-14/h2-9,11-12,22H,1,10H2,(H,20,21,23,24). The van der Waals surface area contributed by atoms with Crippen LogP contribution in [0.5, 0.6) is 0 Å². The van der Waals surface area contributed by atoms with E-state index in [1.165, 1.54) is 15.8 Å². The molecular weight excluding hydrogens is 328 g/mol. The highest BCUT2D eigenvalue weighted by atomic mass is 16.1. The summed E-state index contributed by atoms with van der Waals surface area (Å²) in [6, 6.07) is 18.3. The lowest BCUT2D eigenvalue weighted by Gasteiger charge is -2.03. The highest BCUT2D eigenvalue weighted by Gasteiger charge is 2.08. The zero-order valence-corrected chi connectivity index (χ0v) is 13.9. The van der Waals surface area contributed by atoms with Crippen LogP contribution in [0, 0.1) is 0 Å². The van der Waals surface area contributed by atoms with Crippen molar-refractivity contribution in [2.45, 2.75) is 6.42 Å². The second kappa shape index (κ2) is 6.64. The summed E-state index contributed by atoms with van der Waals surface area (Å²) in [5, 5.41) is 17.2. The van der Waals surface area contributed by atoms with E-state index in [4.69, 9.17) is 0 Å². The van der Waals surface area contributed by atoms with Crippen LogP contribution in [0.3, 0.4) is 0 Å². The normalized spacial score (nSPS) is 11.8. The first-order chi connectivity index (χ1) is 12.7. The van der Waals surface area contributed by atoms with Gasteiger partial charge in [0.2, 0.25) is 0 Å². The topological polar surface area (TPSA) is 92.2 Å². The average molecular weight is 344 g/mol. The van der Waals surface area contributed by atoms with E-state index in [0.717, 1.165) is 12.0 Å². The van der Waals surface area contributed by atoms with Gasteiger partial charge in [-0.15, -0.1) is 5.10 Å². The van der Waals surface area contributed by atoms with Gasteiger partial charge < -0.3 is 0 Å². The molecule has 7 nitrogen and oxygen atoms in total. The first-order valence-corrected chi connectivity index (χ1v) is 8.09. The lowest BCUT2D eigenvalue weighted by atomic mass is 10.0. The quantitative estimate of drug-likeness (QED) is 0.564. The molecule has 0 saturated heterocycles. The lowest BCUT2D eigenvalue weighted by Crippen LogP contribution is -2.34. The van der Waals surface area contributed by atoms with Crippen LogP contribution in [-0.2, 0) is 6.42 Å². The molecule has 128 valence electrons. The van der Waals surface area contributed by atoms with E-state index >= 15 is 0 Å². The number of hydrogen-bond acceptors (Lipinski definition) is 4. The molecule has 0 aliphatic rings. The zero-order valence-electron chi connectivity index (χ0n) is 13.9. The molecule has 7 heteroatoms. The third-order valence-electron chi connectivity index (χ3n) is 4.05. The summed E-state index contributed by atoms with van der Waals surface area (Å²) in [5.41, 5.74) is 3.07. The molecule has 0 saturated carbocycles. The van der Waals surface area contributed by atoms with Gasteiger partial charge in [-0.05, 0) is 34.4 Å². The number of aromatic amines is 2. The molecule has 0 aliphatic heterocycles. The summed E-state index contributed by atoms with van der Waals surface area (Å²) in [5.74, 6) is 0.150. The second-order valence-corrected chi connectivity index (χ2v) is 5.91. The van der Waals surface area contributed by atoms with Gasteiger partial charge >= 0.3 is 0 Å². The van der Waals surface area contributed by atoms with Crippen molar-refractivity contribution in [1.82, 2.24) is 30.4 Å². The van der Waals surface area contributed by atoms with Gasteiger partial charge in [-0.3, -0.25) is 9.89 Å². The predicted molar refractivity (Wildman–Crippen MR) is 98.2 cm³/mol. The number of nitrogens with one attached hydrogen (secondary N) is 2.